The van der Waals surface area contributed by atoms with Crippen LogP contribution in [0.2, 0.25) is 0 Å². The molecular weight excluding hydrogens is 206 g/mol. The van der Waals surface area contributed by atoms with Crippen LogP contribution in [0.1, 0.15) is 42.3 Å². The largest absolute Gasteiger partial charge is 0.478 e. The molecule has 0 saturated heterocycles. The first-order chi connectivity index (χ1) is 7.65. The summed E-state index contributed by atoms with van der Waals surface area (Å²) < 4.78 is 5.15. The van der Waals surface area contributed by atoms with E-state index < -0.39 is 5.97 Å². The molecule has 1 aromatic heterocycles. The van der Waals surface area contributed by atoms with E-state index >= 15 is 0 Å². The van der Waals surface area contributed by atoms with Crippen molar-refractivity contribution in [3.8, 4) is 0 Å². The van der Waals surface area contributed by atoms with Gasteiger partial charge in [0.2, 0.25) is 0 Å². The molecule has 1 aliphatic carbocycles. The lowest BCUT2D eigenvalue weighted by molar-refractivity contribution is 0.0696. The number of carbonyl (C=O) groups is 1. The smallest absolute Gasteiger partial charge is 0.338 e. The van der Waals surface area contributed by atoms with E-state index in [0.717, 1.165) is 5.92 Å². The van der Waals surface area contributed by atoms with Gasteiger partial charge in [0.05, 0.1) is 12.1 Å². The summed E-state index contributed by atoms with van der Waals surface area (Å²) >= 11 is 0. The zero-order valence-electron chi connectivity index (χ0n) is 9.40. The van der Waals surface area contributed by atoms with Crippen molar-refractivity contribution in [3.05, 3.63) is 23.7 Å². The van der Waals surface area contributed by atoms with Gasteiger partial charge in [-0.25, -0.2) is 4.79 Å². The maximum absolute atomic E-state index is 10.6. The van der Waals surface area contributed by atoms with E-state index in [1.165, 1.54) is 25.5 Å². The zero-order chi connectivity index (χ0) is 11.5. The van der Waals surface area contributed by atoms with Crippen LogP contribution in [0.15, 0.2) is 16.7 Å². The molecule has 1 aromatic rings. The third-order valence-electron chi connectivity index (χ3n) is 2.91. The molecule has 1 fully saturated rings. The number of rotatable bonds is 6. The van der Waals surface area contributed by atoms with Gasteiger partial charge >= 0.3 is 5.97 Å². The van der Waals surface area contributed by atoms with Crippen molar-refractivity contribution in [1.29, 1.82) is 0 Å². The molecule has 1 aliphatic rings. The molecule has 88 valence electrons. The molecular formula is C12H17NO3. The minimum absolute atomic E-state index is 0.214. The number of furan rings is 1. The van der Waals surface area contributed by atoms with Crippen molar-refractivity contribution in [3.63, 3.8) is 0 Å². The lowest BCUT2D eigenvalue weighted by Gasteiger charge is -2.11. The molecule has 1 saturated carbocycles. The van der Waals surface area contributed by atoms with Crippen LogP contribution in [0.4, 0.5) is 0 Å². The molecule has 0 aromatic carbocycles. The van der Waals surface area contributed by atoms with E-state index in [4.69, 9.17) is 9.52 Å². The molecule has 0 aliphatic heterocycles. The Bertz CT molecular complexity index is 368. The SMILES string of the molecule is CC(CC1CC1)NCc1cc(C(=O)O)co1. The average Bonchev–Trinajstić information content (AvgIpc) is 2.91. The summed E-state index contributed by atoms with van der Waals surface area (Å²) in [5.74, 6) is 0.634. The standard InChI is InChI=1S/C12H17NO3/c1-8(4-9-2-3-9)13-6-11-5-10(7-16-11)12(14)15/h5,7-9,13H,2-4,6H2,1H3,(H,14,15). The molecule has 16 heavy (non-hydrogen) atoms. The monoisotopic (exact) mass is 223 g/mol. The number of hydrogen-bond donors (Lipinski definition) is 2. The Balaban J connectivity index is 1.76. The predicted octanol–water partition coefficient (Wildman–Crippen LogP) is 2.26. The number of nitrogens with one attached hydrogen (secondary N) is 1. The second-order valence-corrected chi connectivity index (χ2v) is 4.57. The van der Waals surface area contributed by atoms with Crippen LogP contribution in [0.25, 0.3) is 0 Å². The minimum Gasteiger partial charge on any atom is -0.478 e. The van der Waals surface area contributed by atoms with Crippen LogP contribution in [-0.4, -0.2) is 17.1 Å². The third-order valence-corrected chi connectivity index (χ3v) is 2.91. The van der Waals surface area contributed by atoms with E-state index in [-0.39, 0.29) is 5.56 Å². The van der Waals surface area contributed by atoms with E-state index in [2.05, 4.69) is 12.2 Å². The second kappa shape index (κ2) is 4.70. The lowest BCUT2D eigenvalue weighted by Crippen LogP contribution is -2.25. The highest BCUT2D eigenvalue weighted by Gasteiger charge is 2.23. The molecule has 0 radical (unpaired) electrons. The van der Waals surface area contributed by atoms with E-state index in [9.17, 15) is 4.79 Å². The predicted molar refractivity (Wildman–Crippen MR) is 59.3 cm³/mol. The molecule has 2 rings (SSSR count). The molecule has 0 bridgehead atoms. The second-order valence-electron chi connectivity index (χ2n) is 4.57. The van der Waals surface area contributed by atoms with Crippen molar-refractivity contribution < 1.29 is 14.3 Å². The first-order valence-electron chi connectivity index (χ1n) is 5.69. The van der Waals surface area contributed by atoms with Crippen molar-refractivity contribution in [2.75, 3.05) is 0 Å². The van der Waals surface area contributed by atoms with Gasteiger partial charge in [-0.1, -0.05) is 12.8 Å². The highest BCUT2D eigenvalue weighted by atomic mass is 16.4. The number of carboxylic acid groups (broad SMARTS) is 1. The first kappa shape index (κ1) is 11.2. The summed E-state index contributed by atoms with van der Waals surface area (Å²) in [4.78, 5) is 10.6. The molecule has 0 spiro atoms. The molecule has 4 nitrogen and oxygen atoms in total. The molecule has 0 amide bonds. The summed E-state index contributed by atoms with van der Waals surface area (Å²) in [6, 6.07) is 2.03. The molecule has 1 unspecified atom stereocenters. The quantitative estimate of drug-likeness (QED) is 0.776. The lowest BCUT2D eigenvalue weighted by atomic mass is 10.1. The van der Waals surface area contributed by atoms with Gasteiger partial charge in [0.15, 0.2) is 0 Å². The summed E-state index contributed by atoms with van der Waals surface area (Å²) in [5.41, 5.74) is 0.214. The topological polar surface area (TPSA) is 62.5 Å². The van der Waals surface area contributed by atoms with Crippen LogP contribution >= 0.6 is 0 Å². The molecule has 4 heteroatoms. The van der Waals surface area contributed by atoms with Gasteiger partial charge in [0, 0.05) is 6.04 Å². The van der Waals surface area contributed by atoms with Gasteiger partial charge in [0.1, 0.15) is 12.0 Å². The van der Waals surface area contributed by atoms with Crippen LogP contribution in [0, 0.1) is 5.92 Å². The Hall–Kier alpha value is -1.29. The number of hydrogen-bond acceptors (Lipinski definition) is 3. The van der Waals surface area contributed by atoms with E-state index in [1.807, 2.05) is 0 Å². The fourth-order valence-electron chi connectivity index (χ4n) is 1.80. The summed E-state index contributed by atoms with van der Waals surface area (Å²) in [5, 5.41) is 12.1. The Morgan fingerprint density at radius 2 is 2.44 bits per heavy atom. The van der Waals surface area contributed by atoms with Gasteiger partial charge in [-0.15, -0.1) is 0 Å². The number of aromatic carboxylic acids is 1. The van der Waals surface area contributed by atoms with Crippen molar-refractivity contribution in [1.82, 2.24) is 5.32 Å². The van der Waals surface area contributed by atoms with E-state index in [0.29, 0.717) is 18.3 Å². The Morgan fingerprint density at radius 1 is 1.69 bits per heavy atom. The zero-order valence-corrected chi connectivity index (χ0v) is 9.40. The highest BCUT2D eigenvalue weighted by molar-refractivity contribution is 5.87. The average molecular weight is 223 g/mol. The van der Waals surface area contributed by atoms with Crippen molar-refractivity contribution in [2.24, 2.45) is 5.92 Å². The van der Waals surface area contributed by atoms with Gasteiger partial charge in [0.25, 0.3) is 0 Å². The van der Waals surface area contributed by atoms with Gasteiger partial charge < -0.3 is 14.8 Å². The summed E-state index contributed by atoms with van der Waals surface area (Å²) in [6.45, 7) is 2.75. The van der Waals surface area contributed by atoms with Crippen LogP contribution in [0.3, 0.4) is 0 Å². The Labute approximate surface area is 94.6 Å². The van der Waals surface area contributed by atoms with Crippen molar-refractivity contribution in [2.45, 2.75) is 38.8 Å². The minimum atomic E-state index is -0.943. The molecule has 2 N–H and O–H groups in total. The van der Waals surface area contributed by atoms with Gasteiger partial charge in [-0.2, -0.15) is 0 Å². The first-order valence-corrected chi connectivity index (χ1v) is 5.69. The van der Waals surface area contributed by atoms with E-state index in [1.54, 1.807) is 6.07 Å². The Kier molecular flexibility index (Phi) is 3.29. The Morgan fingerprint density at radius 3 is 3.00 bits per heavy atom. The third kappa shape index (κ3) is 3.10. The van der Waals surface area contributed by atoms with Gasteiger partial charge in [-0.3, -0.25) is 0 Å². The maximum Gasteiger partial charge on any atom is 0.338 e. The van der Waals surface area contributed by atoms with Crippen LogP contribution in [-0.2, 0) is 6.54 Å². The summed E-state index contributed by atoms with van der Waals surface area (Å²) in [7, 11) is 0. The highest BCUT2D eigenvalue weighted by Crippen LogP contribution is 2.33. The van der Waals surface area contributed by atoms with Gasteiger partial charge in [-0.05, 0) is 25.3 Å². The molecule has 1 atom stereocenters. The summed E-state index contributed by atoms with van der Waals surface area (Å²) in [6.07, 6.45) is 5.20. The van der Waals surface area contributed by atoms with Crippen molar-refractivity contribution >= 4 is 5.97 Å². The normalized spacial score (nSPS) is 17.3. The van der Waals surface area contributed by atoms with Crippen LogP contribution < -0.4 is 5.32 Å². The van der Waals surface area contributed by atoms with Crippen LogP contribution in [0.5, 0.6) is 0 Å². The number of carboxylic acids is 1. The fraction of sp³-hybridized carbons (Fsp3) is 0.583. The molecule has 1 heterocycles. The maximum atomic E-state index is 10.6. The fourth-order valence-corrected chi connectivity index (χ4v) is 1.80.